The molecule has 0 aliphatic carbocycles. The molecule has 2 rings (SSSR count). The summed E-state index contributed by atoms with van der Waals surface area (Å²) in [5.41, 5.74) is 1.94. The summed E-state index contributed by atoms with van der Waals surface area (Å²) in [6.07, 6.45) is 5.79. The Morgan fingerprint density at radius 1 is 0.840 bits per heavy atom. The minimum atomic E-state index is 0.140. The number of hydrogen-bond donors (Lipinski definition) is 2. The van der Waals surface area contributed by atoms with Crippen LogP contribution in [0, 0.1) is 0 Å². The zero-order valence-corrected chi connectivity index (χ0v) is 16.2. The maximum Gasteiger partial charge on any atom is 0.160 e. The van der Waals surface area contributed by atoms with E-state index in [1.165, 1.54) is 12.8 Å². The minimum absolute atomic E-state index is 0.140. The van der Waals surface area contributed by atoms with Crippen molar-refractivity contribution < 1.29 is 14.9 Å². The SMILES string of the molecule is CCCC.CCCCc1cccc(OC)c1O.OCc1ccccc1. The van der Waals surface area contributed by atoms with E-state index in [-0.39, 0.29) is 6.61 Å². The molecule has 3 nitrogen and oxygen atoms in total. The van der Waals surface area contributed by atoms with Crippen LogP contribution in [0.3, 0.4) is 0 Å². The molecule has 0 atom stereocenters. The number of aromatic hydroxyl groups is 1. The number of aliphatic hydroxyl groups is 1. The molecule has 25 heavy (non-hydrogen) atoms. The van der Waals surface area contributed by atoms with Crippen LogP contribution in [-0.2, 0) is 13.0 Å². The third kappa shape index (κ3) is 10.5. The molecular formula is C22H34O3. The Balaban J connectivity index is 0.000000407. The van der Waals surface area contributed by atoms with Gasteiger partial charge < -0.3 is 14.9 Å². The summed E-state index contributed by atoms with van der Waals surface area (Å²) >= 11 is 0. The number of phenols is 1. The Hall–Kier alpha value is -2.00. The summed E-state index contributed by atoms with van der Waals surface area (Å²) < 4.78 is 5.02. The lowest BCUT2D eigenvalue weighted by molar-refractivity contribution is 0.282. The van der Waals surface area contributed by atoms with Crippen LogP contribution < -0.4 is 4.74 Å². The van der Waals surface area contributed by atoms with Crippen molar-refractivity contribution in [3.63, 3.8) is 0 Å². The van der Waals surface area contributed by atoms with Crippen LogP contribution in [0.2, 0.25) is 0 Å². The van der Waals surface area contributed by atoms with E-state index >= 15 is 0 Å². The molecule has 0 amide bonds. The molecule has 0 saturated heterocycles. The molecule has 0 unspecified atom stereocenters. The molecule has 0 radical (unpaired) electrons. The summed E-state index contributed by atoms with van der Waals surface area (Å²) in [5.74, 6) is 0.854. The molecule has 3 heteroatoms. The largest absolute Gasteiger partial charge is 0.504 e. The molecule has 0 bridgehead atoms. The Labute approximate surface area is 153 Å². The molecular weight excluding hydrogens is 312 g/mol. The Morgan fingerprint density at radius 3 is 1.92 bits per heavy atom. The fourth-order valence-corrected chi connectivity index (χ4v) is 1.88. The first-order valence-corrected chi connectivity index (χ1v) is 9.14. The van der Waals surface area contributed by atoms with Gasteiger partial charge in [0.05, 0.1) is 13.7 Å². The number of aliphatic hydroxyl groups excluding tert-OH is 1. The highest BCUT2D eigenvalue weighted by molar-refractivity contribution is 5.45. The monoisotopic (exact) mass is 346 g/mol. The molecule has 0 aliphatic rings. The summed E-state index contributed by atoms with van der Waals surface area (Å²) in [6.45, 7) is 6.64. The van der Waals surface area contributed by atoms with Crippen LogP contribution in [0.1, 0.15) is 57.6 Å². The molecule has 0 heterocycles. The predicted molar refractivity (Wildman–Crippen MR) is 106 cm³/mol. The maximum atomic E-state index is 9.69. The van der Waals surface area contributed by atoms with Crippen molar-refractivity contribution >= 4 is 0 Å². The fourth-order valence-electron chi connectivity index (χ4n) is 1.88. The molecule has 2 aromatic carbocycles. The lowest BCUT2D eigenvalue weighted by Gasteiger charge is -2.07. The van der Waals surface area contributed by atoms with Gasteiger partial charge in [-0.25, -0.2) is 0 Å². The van der Waals surface area contributed by atoms with Gasteiger partial charge in [0.15, 0.2) is 11.5 Å². The molecule has 2 N–H and O–H groups in total. The molecule has 140 valence electrons. The van der Waals surface area contributed by atoms with Crippen molar-refractivity contribution in [1.82, 2.24) is 0 Å². The van der Waals surface area contributed by atoms with E-state index in [9.17, 15) is 5.11 Å². The standard InChI is InChI=1S/C11H16O2.C7H8O.C4H10/c1-3-4-6-9-7-5-8-10(13-2)11(9)12;8-6-7-4-2-1-3-5-7;1-3-4-2/h5,7-8,12H,3-4,6H2,1-2H3;1-5,8H,6H2;3-4H2,1-2H3. The number of unbranched alkanes of at least 4 members (excludes halogenated alkanes) is 2. The average Bonchev–Trinajstić information content (AvgIpc) is 2.68. The predicted octanol–water partition coefficient (Wildman–Crippen LogP) is 5.73. The zero-order chi connectivity index (χ0) is 18.9. The molecule has 0 fully saturated rings. The van der Waals surface area contributed by atoms with E-state index in [1.54, 1.807) is 13.2 Å². The van der Waals surface area contributed by atoms with Gasteiger partial charge in [-0.05, 0) is 30.0 Å². The third-order valence-electron chi connectivity index (χ3n) is 3.63. The van der Waals surface area contributed by atoms with E-state index in [1.807, 2.05) is 42.5 Å². The van der Waals surface area contributed by atoms with Crippen molar-refractivity contribution in [3.05, 3.63) is 59.7 Å². The van der Waals surface area contributed by atoms with E-state index in [4.69, 9.17) is 9.84 Å². The van der Waals surface area contributed by atoms with Gasteiger partial charge in [-0.15, -0.1) is 0 Å². The molecule has 0 aliphatic heterocycles. The number of benzene rings is 2. The van der Waals surface area contributed by atoms with Gasteiger partial charge in [0.25, 0.3) is 0 Å². The third-order valence-corrected chi connectivity index (χ3v) is 3.63. The van der Waals surface area contributed by atoms with Crippen LogP contribution in [0.15, 0.2) is 48.5 Å². The summed E-state index contributed by atoms with van der Waals surface area (Å²) in [6, 6.07) is 15.1. The minimum Gasteiger partial charge on any atom is -0.504 e. The number of aryl methyl sites for hydroxylation is 1. The van der Waals surface area contributed by atoms with Gasteiger partial charge >= 0.3 is 0 Å². The first-order valence-electron chi connectivity index (χ1n) is 9.14. The normalized spacial score (nSPS) is 9.32. The van der Waals surface area contributed by atoms with Crippen LogP contribution in [0.25, 0.3) is 0 Å². The van der Waals surface area contributed by atoms with Crippen molar-refractivity contribution in [1.29, 1.82) is 0 Å². The smallest absolute Gasteiger partial charge is 0.160 e. The molecule has 0 saturated carbocycles. The molecule has 2 aromatic rings. The molecule has 0 aromatic heterocycles. The topological polar surface area (TPSA) is 49.7 Å². The van der Waals surface area contributed by atoms with Gasteiger partial charge in [-0.1, -0.05) is 82.5 Å². The fraction of sp³-hybridized carbons (Fsp3) is 0.455. The number of ether oxygens (including phenoxy) is 1. The Kier molecular flexibility index (Phi) is 14.3. The van der Waals surface area contributed by atoms with E-state index in [0.29, 0.717) is 11.5 Å². The second kappa shape index (κ2) is 15.5. The highest BCUT2D eigenvalue weighted by Gasteiger charge is 2.05. The maximum absolute atomic E-state index is 9.69. The van der Waals surface area contributed by atoms with Gasteiger partial charge in [-0.2, -0.15) is 0 Å². The Bertz CT molecular complexity index is 536. The van der Waals surface area contributed by atoms with Gasteiger partial charge in [0.2, 0.25) is 0 Å². The highest BCUT2D eigenvalue weighted by Crippen LogP contribution is 2.30. The lowest BCUT2D eigenvalue weighted by Crippen LogP contribution is -1.89. The van der Waals surface area contributed by atoms with E-state index < -0.39 is 0 Å². The number of para-hydroxylation sites is 1. The van der Waals surface area contributed by atoms with E-state index in [2.05, 4.69) is 20.8 Å². The molecule has 0 spiro atoms. The van der Waals surface area contributed by atoms with Gasteiger partial charge in [-0.3, -0.25) is 0 Å². The van der Waals surface area contributed by atoms with E-state index in [0.717, 1.165) is 30.4 Å². The van der Waals surface area contributed by atoms with Crippen LogP contribution in [-0.4, -0.2) is 17.3 Å². The second-order valence-electron chi connectivity index (χ2n) is 5.72. The van der Waals surface area contributed by atoms with Crippen LogP contribution in [0.5, 0.6) is 11.5 Å². The number of hydrogen-bond acceptors (Lipinski definition) is 3. The highest BCUT2D eigenvalue weighted by atomic mass is 16.5. The number of phenolic OH excluding ortho intramolecular Hbond substituents is 1. The Morgan fingerprint density at radius 2 is 1.48 bits per heavy atom. The summed E-state index contributed by atoms with van der Waals surface area (Å²) in [5, 5.41) is 18.2. The number of methoxy groups -OCH3 is 1. The van der Waals surface area contributed by atoms with Crippen molar-refractivity contribution in [3.8, 4) is 11.5 Å². The van der Waals surface area contributed by atoms with Crippen LogP contribution in [0.4, 0.5) is 0 Å². The quantitative estimate of drug-likeness (QED) is 0.702. The summed E-state index contributed by atoms with van der Waals surface area (Å²) in [4.78, 5) is 0. The van der Waals surface area contributed by atoms with Gasteiger partial charge in [0.1, 0.15) is 0 Å². The number of rotatable bonds is 6. The average molecular weight is 347 g/mol. The van der Waals surface area contributed by atoms with Crippen LogP contribution >= 0.6 is 0 Å². The van der Waals surface area contributed by atoms with Crippen molar-refractivity contribution in [2.24, 2.45) is 0 Å². The summed E-state index contributed by atoms with van der Waals surface area (Å²) in [7, 11) is 1.57. The first kappa shape index (κ1) is 23.0. The van der Waals surface area contributed by atoms with Gasteiger partial charge in [0, 0.05) is 0 Å². The van der Waals surface area contributed by atoms with Crippen molar-refractivity contribution in [2.45, 2.75) is 59.5 Å². The van der Waals surface area contributed by atoms with Crippen molar-refractivity contribution in [2.75, 3.05) is 7.11 Å². The lowest BCUT2D eigenvalue weighted by atomic mass is 10.1. The zero-order valence-electron chi connectivity index (χ0n) is 16.2. The first-order chi connectivity index (χ1) is 12.1. The second-order valence-corrected chi connectivity index (χ2v) is 5.72.